The molecule has 0 aromatic heterocycles. The Bertz CT molecular complexity index is 378. The van der Waals surface area contributed by atoms with Gasteiger partial charge in [0.1, 0.15) is 0 Å². The third-order valence-electron chi connectivity index (χ3n) is 2.51. The summed E-state index contributed by atoms with van der Waals surface area (Å²) in [5, 5.41) is 8.62. The normalized spacial score (nSPS) is 14.3. The molecule has 0 aromatic carbocycles. The summed E-state index contributed by atoms with van der Waals surface area (Å²) in [6.07, 6.45) is 0.186. The van der Waals surface area contributed by atoms with Crippen molar-refractivity contribution in [2.45, 2.75) is 46.1 Å². The Kier molecular flexibility index (Phi) is 7.54. The average molecular weight is 295 g/mol. The lowest BCUT2D eigenvalue weighted by molar-refractivity contribution is -0.137. The molecule has 0 aliphatic heterocycles. The van der Waals surface area contributed by atoms with Gasteiger partial charge in [-0.15, -0.1) is 0 Å². The number of sulfonamides is 1. The number of ether oxygens (including phenoxy) is 1. The molecule has 7 heteroatoms. The highest BCUT2D eigenvalue weighted by Gasteiger charge is 2.26. The Morgan fingerprint density at radius 3 is 2.47 bits per heavy atom. The number of carbonyl (C=O) groups is 1. The molecule has 0 rings (SSSR count). The van der Waals surface area contributed by atoms with Crippen molar-refractivity contribution < 1.29 is 23.1 Å². The summed E-state index contributed by atoms with van der Waals surface area (Å²) in [5.74, 6) is -1.06. The van der Waals surface area contributed by atoms with Gasteiger partial charge in [-0.05, 0) is 33.1 Å². The zero-order valence-corrected chi connectivity index (χ0v) is 12.9. The minimum absolute atomic E-state index is 0.0243. The number of rotatable bonds is 10. The smallest absolute Gasteiger partial charge is 0.303 e. The van der Waals surface area contributed by atoms with E-state index >= 15 is 0 Å². The Labute approximate surface area is 115 Å². The van der Waals surface area contributed by atoms with E-state index in [0.717, 1.165) is 0 Å². The number of carboxylic acids is 1. The van der Waals surface area contributed by atoms with Crippen molar-refractivity contribution >= 4 is 16.0 Å². The van der Waals surface area contributed by atoms with Gasteiger partial charge in [0.15, 0.2) is 0 Å². The maximum absolute atomic E-state index is 12.0. The third kappa shape index (κ3) is 9.86. The maximum Gasteiger partial charge on any atom is 0.303 e. The predicted molar refractivity (Wildman–Crippen MR) is 73.5 cm³/mol. The average Bonchev–Trinajstić information content (AvgIpc) is 2.21. The molecule has 0 bridgehead atoms. The second kappa shape index (κ2) is 7.81. The maximum atomic E-state index is 12.0. The number of hydrogen-bond donors (Lipinski definition) is 2. The molecule has 1 atom stereocenters. The first-order valence-corrected chi connectivity index (χ1v) is 8.04. The third-order valence-corrected chi connectivity index (χ3v) is 4.38. The monoisotopic (exact) mass is 295 g/mol. The number of hydrogen-bond acceptors (Lipinski definition) is 4. The van der Waals surface area contributed by atoms with E-state index in [1.807, 2.05) is 6.92 Å². The minimum atomic E-state index is -3.44. The van der Waals surface area contributed by atoms with Gasteiger partial charge in [0.2, 0.25) is 10.0 Å². The fourth-order valence-corrected chi connectivity index (χ4v) is 3.55. The van der Waals surface area contributed by atoms with Gasteiger partial charge in [-0.3, -0.25) is 4.79 Å². The molecule has 0 saturated heterocycles. The van der Waals surface area contributed by atoms with Crippen LogP contribution in [0.4, 0.5) is 0 Å². The summed E-state index contributed by atoms with van der Waals surface area (Å²) < 4.78 is 31.6. The SMILES string of the molecule is CCOCC(C)CS(=O)(=O)NC(C)(C)CCC(=O)O. The summed E-state index contributed by atoms with van der Waals surface area (Å²) in [6, 6.07) is 0. The second-order valence-electron chi connectivity index (χ2n) is 5.43. The predicted octanol–water partition coefficient (Wildman–Crippen LogP) is 1.22. The molecule has 0 amide bonds. The highest BCUT2D eigenvalue weighted by atomic mass is 32.2. The molecule has 0 aromatic rings. The highest BCUT2D eigenvalue weighted by molar-refractivity contribution is 7.89. The van der Waals surface area contributed by atoms with E-state index < -0.39 is 21.5 Å². The topological polar surface area (TPSA) is 92.7 Å². The van der Waals surface area contributed by atoms with E-state index in [0.29, 0.717) is 13.2 Å². The number of nitrogens with one attached hydrogen (secondary N) is 1. The molecule has 0 saturated carbocycles. The van der Waals surface area contributed by atoms with Crippen LogP contribution in [-0.4, -0.2) is 44.0 Å². The zero-order valence-electron chi connectivity index (χ0n) is 12.1. The van der Waals surface area contributed by atoms with Crippen LogP contribution >= 0.6 is 0 Å². The van der Waals surface area contributed by atoms with Crippen LogP contribution in [0.5, 0.6) is 0 Å². The second-order valence-corrected chi connectivity index (χ2v) is 7.19. The van der Waals surface area contributed by atoms with Crippen LogP contribution in [0.15, 0.2) is 0 Å². The van der Waals surface area contributed by atoms with E-state index in [1.165, 1.54) is 0 Å². The lowest BCUT2D eigenvalue weighted by Crippen LogP contribution is -2.45. The molecule has 0 radical (unpaired) electrons. The van der Waals surface area contributed by atoms with Gasteiger partial charge in [0, 0.05) is 18.6 Å². The molecular formula is C12H25NO5S. The van der Waals surface area contributed by atoms with Gasteiger partial charge in [0.05, 0.1) is 12.4 Å². The number of carboxylic acid groups (broad SMARTS) is 1. The molecule has 19 heavy (non-hydrogen) atoms. The lowest BCUT2D eigenvalue weighted by Gasteiger charge is -2.26. The molecule has 0 heterocycles. The van der Waals surface area contributed by atoms with Crippen LogP contribution in [0.25, 0.3) is 0 Å². The first-order valence-electron chi connectivity index (χ1n) is 6.39. The van der Waals surface area contributed by atoms with E-state index in [-0.39, 0.29) is 24.5 Å². The summed E-state index contributed by atoms with van der Waals surface area (Å²) in [7, 11) is -3.44. The Balaban J connectivity index is 4.37. The molecule has 0 fully saturated rings. The van der Waals surface area contributed by atoms with Crippen LogP contribution in [0.1, 0.15) is 40.5 Å². The van der Waals surface area contributed by atoms with Crippen molar-refractivity contribution in [2.75, 3.05) is 19.0 Å². The summed E-state index contributed by atoms with van der Waals surface area (Å²) in [5.41, 5.74) is -0.761. The molecule has 0 spiro atoms. The van der Waals surface area contributed by atoms with Crippen LogP contribution in [0.2, 0.25) is 0 Å². The van der Waals surface area contributed by atoms with Crippen LogP contribution in [-0.2, 0) is 19.6 Å². The molecular weight excluding hydrogens is 270 g/mol. The molecule has 0 aliphatic carbocycles. The van der Waals surface area contributed by atoms with Crippen molar-refractivity contribution in [3.05, 3.63) is 0 Å². The number of aliphatic carboxylic acids is 1. The van der Waals surface area contributed by atoms with E-state index in [2.05, 4.69) is 4.72 Å². The highest BCUT2D eigenvalue weighted by Crippen LogP contribution is 2.14. The first-order chi connectivity index (χ1) is 8.58. The largest absolute Gasteiger partial charge is 0.481 e. The quantitative estimate of drug-likeness (QED) is 0.632. The van der Waals surface area contributed by atoms with Gasteiger partial charge in [0.25, 0.3) is 0 Å². The van der Waals surface area contributed by atoms with Gasteiger partial charge in [-0.2, -0.15) is 0 Å². The molecule has 114 valence electrons. The lowest BCUT2D eigenvalue weighted by atomic mass is 10.0. The fraction of sp³-hybridized carbons (Fsp3) is 0.917. The standard InChI is InChI=1S/C12H25NO5S/c1-5-18-8-10(2)9-19(16,17)13-12(3,4)7-6-11(14)15/h10,13H,5-9H2,1-4H3,(H,14,15). The van der Waals surface area contributed by atoms with Crippen LogP contribution < -0.4 is 4.72 Å². The van der Waals surface area contributed by atoms with E-state index in [4.69, 9.17) is 9.84 Å². The van der Waals surface area contributed by atoms with Gasteiger partial charge >= 0.3 is 5.97 Å². The molecule has 2 N–H and O–H groups in total. The van der Waals surface area contributed by atoms with Crippen molar-refractivity contribution in [3.63, 3.8) is 0 Å². The minimum Gasteiger partial charge on any atom is -0.481 e. The van der Waals surface area contributed by atoms with Gasteiger partial charge < -0.3 is 9.84 Å². The summed E-state index contributed by atoms with van der Waals surface area (Å²) in [6.45, 7) is 7.98. The Morgan fingerprint density at radius 2 is 2.00 bits per heavy atom. The summed E-state index contributed by atoms with van der Waals surface area (Å²) in [4.78, 5) is 10.5. The van der Waals surface area contributed by atoms with E-state index in [9.17, 15) is 13.2 Å². The first kappa shape index (κ1) is 18.3. The summed E-state index contributed by atoms with van der Waals surface area (Å²) >= 11 is 0. The van der Waals surface area contributed by atoms with Crippen LogP contribution in [0, 0.1) is 5.92 Å². The Morgan fingerprint density at radius 1 is 1.42 bits per heavy atom. The van der Waals surface area contributed by atoms with Crippen LogP contribution in [0.3, 0.4) is 0 Å². The molecule has 6 nitrogen and oxygen atoms in total. The fourth-order valence-electron chi connectivity index (χ4n) is 1.67. The zero-order chi connectivity index (χ0) is 15.1. The van der Waals surface area contributed by atoms with Crippen molar-refractivity contribution in [1.82, 2.24) is 4.72 Å². The van der Waals surface area contributed by atoms with Crippen molar-refractivity contribution in [2.24, 2.45) is 5.92 Å². The van der Waals surface area contributed by atoms with Gasteiger partial charge in [-0.1, -0.05) is 6.92 Å². The Hall–Kier alpha value is -0.660. The van der Waals surface area contributed by atoms with Crippen molar-refractivity contribution in [1.29, 1.82) is 0 Å². The molecule has 1 unspecified atom stereocenters. The molecule has 0 aliphatic rings. The van der Waals surface area contributed by atoms with Gasteiger partial charge in [-0.25, -0.2) is 13.1 Å². The van der Waals surface area contributed by atoms with E-state index in [1.54, 1.807) is 20.8 Å². The van der Waals surface area contributed by atoms with Crippen molar-refractivity contribution in [3.8, 4) is 0 Å².